The summed E-state index contributed by atoms with van der Waals surface area (Å²) in [6.45, 7) is 7.12. The van der Waals surface area contributed by atoms with Crippen molar-refractivity contribution in [3.05, 3.63) is 41.2 Å². The number of carbonyl (C=O) groups excluding carboxylic acids is 1. The van der Waals surface area contributed by atoms with Crippen LogP contribution in [0.4, 0.5) is 9.18 Å². The van der Waals surface area contributed by atoms with Gasteiger partial charge in [-0.3, -0.25) is 4.90 Å². The van der Waals surface area contributed by atoms with E-state index in [1.54, 1.807) is 12.1 Å². The zero-order chi connectivity index (χ0) is 19.3. The first kappa shape index (κ1) is 19.8. The van der Waals surface area contributed by atoms with E-state index in [0.29, 0.717) is 6.61 Å². The number of thiazole rings is 1. The first-order valence-electron chi connectivity index (χ1n) is 9.33. The first-order chi connectivity index (χ1) is 12.9. The number of nitrogens with zero attached hydrogens (tertiary/aromatic N) is 2. The van der Waals surface area contributed by atoms with Crippen LogP contribution in [0.3, 0.4) is 0 Å². The van der Waals surface area contributed by atoms with Crippen LogP contribution in [-0.2, 0) is 10.3 Å². The predicted octanol–water partition coefficient (Wildman–Crippen LogP) is 4.40. The maximum Gasteiger partial charge on any atom is 0.407 e. The van der Waals surface area contributed by atoms with Gasteiger partial charge in [0.2, 0.25) is 0 Å². The highest BCUT2D eigenvalue weighted by Gasteiger charge is 2.27. The number of ether oxygens (including phenoxy) is 1. The van der Waals surface area contributed by atoms with E-state index in [0.717, 1.165) is 35.9 Å². The second-order valence-corrected chi connectivity index (χ2v) is 8.19. The molecule has 0 saturated carbocycles. The molecule has 1 aromatic heterocycles. The van der Waals surface area contributed by atoms with Gasteiger partial charge in [-0.15, -0.1) is 11.3 Å². The Balaban J connectivity index is 1.52. The summed E-state index contributed by atoms with van der Waals surface area (Å²) in [5, 5.41) is 5.59. The van der Waals surface area contributed by atoms with Gasteiger partial charge in [0.25, 0.3) is 0 Å². The highest BCUT2D eigenvalue weighted by Crippen LogP contribution is 2.29. The van der Waals surface area contributed by atoms with E-state index in [1.807, 2.05) is 19.2 Å². The number of halogens is 1. The molecule has 1 aliphatic heterocycles. The molecule has 5 nitrogen and oxygen atoms in total. The Bertz CT molecular complexity index is 755. The van der Waals surface area contributed by atoms with Gasteiger partial charge in [-0.2, -0.15) is 0 Å². The van der Waals surface area contributed by atoms with Gasteiger partial charge in [-0.1, -0.05) is 6.42 Å². The zero-order valence-electron chi connectivity index (χ0n) is 15.8. The van der Waals surface area contributed by atoms with Crippen LogP contribution >= 0.6 is 11.3 Å². The minimum Gasteiger partial charge on any atom is -0.448 e. The standard InChI is InChI=1S/C20H26FN3O2S/c1-20(2,23-19(25)26-13-12-24-10-4-3-5-11-24)17-14-27-18(22-17)15-6-8-16(21)9-7-15/h6-9,14H,3-5,10-13H2,1-2H3,(H,23,25). The lowest BCUT2D eigenvalue weighted by Gasteiger charge is -2.27. The number of benzene rings is 1. The first-order valence-corrected chi connectivity index (χ1v) is 10.2. The van der Waals surface area contributed by atoms with Gasteiger partial charge in [0.1, 0.15) is 17.4 Å². The van der Waals surface area contributed by atoms with Crippen LogP contribution in [0, 0.1) is 5.82 Å². The minimum atomic E-state index is -0.656. The molecular formula is C20H26FN3O2S. The number of nitrogens with one attached hydrogen (secondary N) is 1. The molecule has 0 unspecified atom stereocenters. The molecule has 7 heteroatoms. The Morgan fingerprint density at radius 2 is 1.96 bits per heavy atom. The Kier molecular flexibility index (Phi) is 6.44. The number of likely N-dealkylation sites (tertiary alicyclic amines) is 1. The second kappa shape index (κ2) is 8.80. The molecule has 0 radical (unpaired) electrons. The maximum absolute atomic E-state index is 13.1. The fourth-order valence-corrected chi connectivity index (χ4v) is 4.09. The van der Waals surface area contributed by atoms with Crippen LogP contribution in [0.25, 0.3) is 10.6 Å². The van der Waals surface area contributed by atoms with Crippen molar-refractivity contribution in [1.82, 2.24) is 15.2 Å². The fraction of sp³-hybridized carbons (Fsp3) is 0.500. The van der Waals surface area contributed by atoms with E-state index in [9.17, 15) is 9.18 Å². The second-order valence-electron chi connectivity index (χ2n) is 7.33. The molecule has 1 saturated heterocycles. The largest absolute Gasteiger partial charge is 0.448 e. The molecular weight excluding hydrogens is 365 g/mol. The van der Waals surface area contributed by atoms with E-state index in [-0.39, 0.29) is 5.82 Å². The summed E-state index contributed by atoms with van der Waals surface area (Å²) in [4.78, 5) is 19.1. The van der Waals surface area contributed by atoms with E-state index >= 15 is 0 Å². The maximum atomic E-state index is 13.1. The summed E-state index contributed by atoms with van der Waals surface area (Å²) < 4.78 is 18.4. The SMILES string of the molecule is CC(C)(NC(=O)OCCN1CCCCC1)c1csc(-c2ccc(F)cc2)n1. The molecule has 146 valence electrons. The van der Waals surface area contributed by atoms with Crippen LogP contribution in [0.5, 0.6) is 0 Å². The Morgan fingerprint density at radius 1 is 1.26 bits per heavy atom. The monoisotopic (exact) mass is 391 g/mol. The van der Waals surface area contributed by atoms with Crippen molar-refractivity contribution in [2.45, 2.75) is 38.6 Å². The molecule has 1 aromatic carbocycles. The number of carbonyl (C=O) groups is 1. The van der Waals surface area contributed by atoms with Gasteiger partial charge >= 0.3 is 6.09 Å². The number of aromatic nitrogens is 1. The average molecular weight is 392 g/mol. The third-order valence-corrected chi connectivity index (χ3v) is 5.63. The van der Waals surface area contributed by atoms with Crippen LogP contribution in [-0.4, -0.2) is 42.2 Å². The van der Waals surface area contributed by atoms with Gasteiger partial charge in [0, 0.05) is 17.5 Å². The number of hydrogen-bond acceptors (Lipinski definition) is 5. The van der Waals surface area contributed by atoms with Crippen LogP contribution in [0.2, 0.25) is 0 Å². The fourth-order valence-electron chi connectivity index (χ4n) is 3.09. The summed E-state index contributed by atoms with van der Waals surface area (Å²) in [5.41, 5.74) is 0.948. The van der Waals surface area contributed by atoms with Crippen molar-refractivity contribution in [3.63, 3.8) is 0 Å². The summed E-state index contributed by atoms with van der Waals surface area (Å²) >= 11 is 1.47. The minimum absolute atomic E-state index is 0.273. The third-order valence-electron chi connectivity index (χ3n) is 4.74. The predicted molar refractivity (Wildman–Crippen MR) is 105 cm³/mol. The van der Waals surface area contributed by atoms with Crippen molar-refractivity contribution >= 4 is 17.4 Å². The molecule has 0 aliphatic carbocycles. The molecule has 1 fully saturated rings. The third kappa shape index (κ3) is 5.49. The molecule has 0 atom stereocenters. The summed E-state index contributed by atoms with van der Waals surface area (Å²) in [6.07, 6.45) is 3.30. The van der Waals surface area contributed by atoms with Gasteiger partial charge < -0.3 is 10.1 Å². The average Bonchev–Trinajstić information content (AvgIpc) is 3.14. The molecule has 27 heavy (non-hydrogen) atoms. The lowest BCUT2D eigenvalue weighted by molar-refractivity contribution is 0.113. The quantitative estimate of drug-likeness (QED) is 0.793. The van der Waals surface area contributed by atoms with Gasteiger partial charge in [0.05, 0.1) is 11.2 Å². The molecule has 2 aromatic rings. The summed E-state index contributed by atoms with van der Waals surface area (Å²) in [5.74, 6) is -0.273. The Labute approximate surface area is 163 Å². The Hall–Kier alpha value is -1.99. The lowest BCUT2D eigenvalue weighted by Crippen LogP contribution is -2.42. The van der Waals surface area contributed by atoms with E-state index < -0.39 is 11.6 Å². The number of alkyl carbamates (subject to hydrolysis) is 1. The van der Waals surface area contributed by atoms with Gasteiger partial charge in [0.15, 0.2) is 0 Å². The smallest absolute Gasteiger partial charge is 0.407 e. The number of rotatable bonds is 6. The molecule has 3 rings (SSSR count). The highest BCUT2D eigenvalue weighted by atomic mass is 32.1. The number of amides is 1. The van der Waals surface area contributed by atoms with E-state index in [4.69, 9.17) is 4.74 Å². The van der Waals surface area contributed by atoms with Crippen LogP contribution in [0.15, 0.2) is 29.6 Å². The topological polar surface area (TPSA) is 54.5 Å². The zero-order valence-corrected chi connectivity index (χ0v) is 16.7. The van der Waals surface area contributed by atoms with Crippen molar-refractivity contribution in [2.75, 3.05) is 26.2 Å². The van der Waals surface area contributed by atoms with Crippen LogP contribution < -0.4 is 5.32 Å². The number of hydrogen-bond donors (Lipinski definition) is 1. The number of piperidine rings is 1. The summed E-state index contributed by atoms with van der Waals surface area (Å²) in [6, 6.07) is 6.24. The van der Waals surface area contributed by atoms with E-state index in [1.165, 1.54) is 42.7 Å². The van der Waals surface area contributed by atoms with Crippen molar-refractivity contribution in [1.29, 1.82) is 0 Å². The van der Waals surface area contributed by atoms with E-state index in [2.05, 4.69) is 15.2 Å². The normalized spacial score (nSPS) is 15.5. The van der Waals surface area contributed by atoms with Crippen LogP contribution in [0.1, 0.15) is 38.8 Å². The molecule has 2 heterocycles. The molecule has 1 amide bonds. The summed E-state index contributed by atoms with van der Waals surface area (Å²) in [7, 11) is 0. The van der Waals surface area contributed by atoms with Gasteiger partial charge in [-0.25, -0.2) is 14.2 Å². The molecule has 0 spiro atoms. The molecule has 1 N–H and O–H groups in total. The highest BCUT2D eigenvalue weighted by molar-refractivity contribution is 7.13. The van der Waals surface area contributed by atoms with Crippen molar-refractivity contribution in [2.24, 2.45) is 0 Å². The Morgan fingerprint density at radius 3 is 2.67 bits per heavy atom. The lowest BCUT2D eigenvalue weighted by atomic mass is 10.0. The molecule has 1 aliphatic rings. The van der Waals surface area contributed by atoms with Crippen molar-refractivity contribution < 1.29 is 13.9 Å². The van der Waals surface area contributed by atoms with Gasteiger partial charge in [-0.05, 0) is 64.0 Å². The van der Waals surface area contributed by atoms with Crippen molar-refractivity contribution in [3.8, 4) is 10.6 Å². The molecule has 0 bridgehead atoms.